The van der Waals surface area contributed by atoms with Gasteiger partial charge in [0.1, 0.15) is 10.7 Å². The molecule has 2 aromatic heterocycles. The van der Waals surface area contributed by atoms with Gasteiger partial charge in [-0.25, -0.2) is 4.98 Å². The maximum Gasteiger partial charge on any atom is 0.259 e. The summed E-state index contributed by atoms with van der Waals surface area (Å²) in [5, 5.41) is 0.868. The molecular formula is C13H14N2OS2. The molecule has 0 aromatic carbocycles. The molecular weight excluding hydrogens is 264 g/mol. The van der Waals surface area contributed by atoms with Crippen molar-refractivity contribution in [2.24, 2.45) is 5.92 Å². The van der Waals surface area contributed by atoms with E-state index in [1.807, 2.05) is 11.8 Å². The van der Waals surface area contributed by atoms with Crippen LogP contribution in [-0.4, -0.2) is 15.7 Å². The van der Waals surface area contributed by atoms with Gasteiger partial charge in [-0.2, -0.15) is 11.8 Å². The van der Waals surface area contributed by atoms with Crippen LogP contribution in [0.25, 0.3) is 10.2 Å². The number of aromatic amines is 1. The second-order valence-corrected chi connectivity index (χ2v) is 7.45. The van der Waals surface area contributed by atoms with Crippen LogP contribution >= 0.6 is 23.1 Å². The molecule has 2 aliphatic rings. The number of nitrogens with one attached hydrogen (secondary N) is 1. The predicted octanol–water partition coefficient (Wildman–Crippen LogP) is 2.90. The lowest BCUT2D eigenvalue weighted by Crippen LogP contribution is -2.12. The molecule has 1 saturated carbocycles. The molecule has 1 fully saturated rings. The van der Waals surface area contributed by atoms with E-state index in [4.69, 9.17) is 4.98 Å². The SMILES string of the molecule is C[C@@H]1C[C@H]1c1nc2sc3c(c2c(=O)[nH]1)CCSC3. The summed E-state index contributed by atoms with van der Waals surface area (Å²) in [6.07, 6.45) is 2.18. The number of rotatable bonds is 1. The van der Waals surface area contributed by atoms with Crippen LogP contribution < -0.4 is 5.56 Å². The van der Waals surface area contributed by atoms with Gasteiger partial charge in [0.15, 0.2) is 0 Å². The molecule has 0 saturated heterocycles. The topological polar surface area (TPSA) is 45.8 Å². The van der Waals surface area contributed by atoms with E-state index in [-0.39, 0.29) is 5.56 Å². The molecule has 2 aromatic rings. The summed E-state index contributed by atoms with van der Waals surface area (Å²) in [7, 11) is 0. The van der Waals surface area contributed by atoms with Gasteiger partial charge in [-0.3, -0.25) is 4.79 Å². The first kappa shape index (κ1) is 11.1. The molecule has 18 heavy (non-hydrogen) atoms. The fraction of sp³-hybridized carbons (Fsp3) is 0.538. The number of thioether (sulfide) groups is 1. The quantitative estimate of drug-likeness (QED) is 0.872. The first-order chi connectivity index (χ1) is 8.74. The molecule has 2 atom stereocenters. The average molecular weight is 278 g/mol. The van der Waals surface area contributed by atoms with Crippen molar-refractivity contribution >= 4 is 33.3 Å². The predicted molar refractivity (Wildman–Crippen MR) is 76.6 cm³/mol. The van der Waals surface area contributed by atoms with Crippen molar-refractivity contribution in [1.82, 2.24) is 9.97 Å². The first-order valence-electron chi connectivity index (χ1n) is 6.36. The number of thiophene rings is 1. The second kappa shape index (κ2) is 3.84. The molecule has 1 N–H and O–H groups in total. The lowest BCUT2D eigenvalue weighted by molar-refractivity contribution is 0.845. The summed E-state index contributed by atoms with van der Waals surface area (Å²) < 4.78 is 0. The Morgan fingerprint density at radius 1 is 1.44 bits per heavy atom. The molecule has 0 bridgehead atoms. The van der Waals surface area contributed by atoms with E-state index >= 15 is 0 Å². The fourth-order valence-corrected chi connectivity index (χ4v) is 5.09. The zero-order valence-electron chi connectivity index (χ0n) is 10.2. The van der Waals surface area contributed by atoms with Crippen LogP contribution in [0.15, 0.2) is 4.79 Å². The molecule has 3 heterocycles. The molecule has 3 nitrogen and oxygen atoms in total. The monoisotopic (exact) mass is 278 g/mol. The van der Waals surface area contributed by atoms with Gasteiger partial charge in [0.2, 0.25) is 0 Å². The summed E-state index contributed by atoms with van der Waals surface area (Å²) in [5.41, 5.74) is 1.34. The highest BCUT2D eigenvalue weighted by atomic mass is 32.2. The smallest absolute Gasteiger partial charge is 0.259 e. The Bertz CT molecular complexity index is 688. The van der Waals surface area contributed by atoms with E-state index in [1.165, 1.54) is 10.4 Å². The van der Waals surface area contributed by atoms with E-state index < -0.39 is 0 Å². The van der Waals surface area contributed by atoms with E-state index in [0.717, 1.165) is 40.4 Å². The lowest BCUT2D eigenvalue weighted by Gasteiger charge is -2.09. The second-order valence-electron chi connectivity index (χ2n) is 5.26. The van der Waals surface area contributed by atoms with Gasteiger partial charge < -0.3 is 4.98 Å². The van der Waals surface area contributed by atoms with Gasteiger partial charge in [-0.1, -0.05) is 6.92 Å². The number of H-pyrrole nitrogens is 1. The summed E-state index contributed by atoms with van der Waals surface area (Å²) in [4.78, 5) is 22.3. The van der Waals surface area contributed by atoms with Gasteiger partial charge in [0, 0.05) is 16.5 Å². The fourth-order valence-electron chi connectivity index (χ4n) is 2.73. The van der Waals surface area contributed by atoms with Crippen LogP contribution in [0.3, 0.4) is 0 Å². The summed E-state index contributed by atoms with van der Waals surface area (Å²) >= 11 is 3.67. The van der Waals surface area contributed by atoms with Crippen molar-refractivity contribution in [1.29, 1.82) is 0 Å². The largest absolute Gasteiger partial charge is 0.310 e. The molecule has 0 radical (unpaired) electrons. The third-order valence-corrected chi connectivity index (χ3v) is 6.25. The Balaban J connectivity index is 1.94. The average Bonchev–Trinajstić information content (AvgIpc) is 2.97. The molecule has 5 heteroatoms. The first-order valence-corrected chi connectivity index (χ1v) is 8.33. The van der Waals surface area contributed by atoms with Gasteiger partial charge in [-0.05, 0) is 30.1 Å². The number of aryl methyl sites for hydroxylation is 1. The Hall–Kier alpha value is -0.810. The highest BCUT2D eigenvalue weighted by Crippen LogP contribution is 2.45. The summed E-state index contributed by atoms with van der Waals surface area (Å²) in [5.74, 6) is 4.24. The number of aromatic nitrogens is 2. The molecule has 1 aliphatic carbocycles. The van der Waals surface area contributed by atoms with Crippen LogP contribution in [0.2, 0.25) is 0 Å². The Morgan fingerprint density at radius 2 is 2.28 bits per heavy atom. The van der Waals surface area contributed by atoms with Crippen molar-refractivity contribution in [3.05, 3.63) is 26.6 Å². The van der Waals surface area contributed by atoms with Gasteiger partial charge >= 0.3 is 0 Å². The lowest BCUT2D eigenvalue weighted by atomic mass is 10.1. The molecule has 0 unspecified atom stereocenters. The van der Waals surface area contributed by atoms with E-state index in [0.29, 0.717) is 11.8 Å². The zero-order valence-corrected chi connectivity index (χ0v) is 11.8. The molecule has 4 rings (SSSR count). The number of nitrogens with zero attached hydrogens (tertiary/aromatic N) is 1. The van der Waals surface area contributed by atoms with Crippen LogP contribution in [0.5, 0.6) is 0 Å². The minimum absolute atomic E-state index is 0.0819. The maximum absolute atomic E-state index is 12.3. The maximum atomic E-state index is 12.3. The third kappa shape index (κ3) is 1.57. The van der Waals surface area contributed by atoms with Crippen molar-refractivity contribution in [2.75, 3.05) is 5.75 Å². The Labute approximate surface area is 113 Å². The van der Waals surface area contributed by atoms with Crippen molar-refractivity contribution in [3.63, 3.8) is 0 Å². The van der Waals surface area contributed by atoms with Crippen molar-refractivity contribution in [2.45, 2.75) is 31.4 Å². The highest BCUT2D eigenvalue weighted by molar-refractivity contribution is 7.98. The normalized spacial score (nSPS) is 26.3. The van der Waals surface area contributed by atoms with Crippen molar-refractivity contribution in [3.8, 4) is 0 Å². The van der Waals surface area contributed by atoms with Crippen LogP contribution in [0.4, 0.5) is 0 Å². The molecule has 1 aliphatic heterocycles. The van der Waals surface area contributed by atoms with Gasteiger partial charge in [-0.15, -0.1) is 11.3 Å². The number of hydrogen-bond donors (Lipinski definition) is 1. The molecule has 0 spiro atoms. The van der Waals surface area contributed by atoms with Crippen LogP contribution in [0, 0.1) is 5.92 Å². The standard InChI is InChI=1S/C13H14N2OS2/c1-6-4-8(6)11-14-12(16)10-7-2-3-17-5-9(7)18-13(10)15-11/h6,8H,2-5H2,1H3,(H,14,15,16)/t6-,8-/m1/s1. The summed E-state index contributed by atoms with van der Waals surface area (Å²) in [6.45, 7) is 2.21. The minimum atomic E-state index is 0.0819. The van der Waals surface area contributed by atoms with E-state index in [2.05, 4.69) is 11.9 Å². The van der Waals surface area contributed by atoms with Crippen LogP contribution in [-0.2, 0) is 12.2 Å². The van der Waals surface area contributed by atoms with Crippen LogP contribution in [0.1, 0.15) is 35.5 Å². The number of hydrogen-bond acceptors (Lipinski definition) is 4. The Morgan fingerprint density at radius 3 is 3.06 bits per heavy atom. The third-order valence-electron chi connectivity index (χ3n) is 3.95. The highest BCUT2D eigenvalue weighted by Gasteiger charge is 2.36. The van der Waals surface area contributed by atoms with Gasteiger partial charge in [0.05, 0.1) is 5.39 Å². The Kier molecular flexibility index (Phi) is 2.36. The van der Waals surface area contributed by atoms with Crippen molar-refractivity contribution < 1.29 is 0 Å². The number of fused-ring (bicyclic) bond motifs is 3. The van der Waals surface area contributed by atoms with Gasteiger partial charge in [0.25, 0.3) is 5.56 Å². The summed E-state index contributed by atoms with van der Waals surface area (Å²) in [6, 6.07) is 0. The molecule has 0 amide bonds. The minimum Gasteiger partial charge on any atom is -0.310 e. The van der Waals surface area contributed by atoms with E-state index in [9.17, 15) is 4.79 Å². The van der Waals surface area contributed by atoms with E-state index in [1.54, 1.807) is 11.3 Å². The molecule has 94 valence electrons. The zero-order chi connectivity index (χ0) is 12.3.